The van der Waals surface area contributed by atoms with E-state index in [0.29, 0.717) is 0 Å². The first-order valence-corrected chi connectivity index (χ1v) is 3.76. The highest BCUT2D eigenvalue weighted by molar-refractivity contribution is 4.70. The maximum atomic E-state index is 5.07. The van der Waals surface area contributed by atoms with Gasteiger partial charge in [0, 0.05) is 7.11 Å². The number of hydrogen-bond donors (Lipinski definition) is 0. The molecule has 0 spiro atoms. The summed E-state index contributed by atoms with van der Waals surface area (Å²) in [5.41, 5.74) is -0.608. The monoisotopic (exact) mass is 158 g/mol. The van der Waals surface area contributed by atoms with Crippen LogP contribution in [0.15, 0.2) is 10.2 Å². The van der Waals surface area contributed by atoms with Crippen LogP contribution in [0.1, 0.15) is 34.6 Å². The van der Waals surface area contributed by atoms with E-state index >= 15 is 0 Å². The number of azo groups is 1. The first kappa shape index (κ1) is 10.6. The average molecular weight is 158 g/mol. The van der Waals surface area contributed by atoms with Crippen molar-refractivity contribution in [2.75, 3.05) is 7.11 Å². The molecule has 0 saturated heterocycles. The van der Waals surface area contributed by atoms with Crippen molar-refractivity contribution in [2.45, 2.75) is 45.9 Å². The van der Waals surface area contributed by atoms with Gasteiger partial charge in [0.1, 0.15) is 0 Å². The zero-order valence-corrected chi connectivity index (χ0v) is 8.30. The summed E-state index contributed by atoms with van der Waals surface area (Å²) in [4.78, 5) is 0. The van der Waals surface area contributed by atoms with Gasteiger partial charge < -0.3 is 4.74 Å². The van der Waals surface area contributed by atoms with Crippen LogP contribution in [0.25, 0.3) is 0 Å². The summed E-state index contributed by atoms with van der Waals surface area (Å²) in [6.07, 6.45) is 0. The number of hydrogen-bond acceptors (Lipinski definition) is 3. The molecule has 0 rings (SSSR count). The Balaban J connectivity index is 4.13. The van der Waals surface area contributed by atoms with Crippen molar-refractivity contribution in [2.24, 2.45) is 10.2 Å². The molecule has 0 atom stereocenters. The van der Waals surface area contributed by atoms with Gasteiger partial charge in [-0.2, -0.15) is 10.2 Å². The topological polar surface area (TPSA) is 34.0 Å². The zero-order valence-electron chi connectivity index (χ0n) is 8.30. The molecule has 0 bridgehead atoms. The number of ether oxygens (including phenoxy) is 1. The largest absolute Gasteiger partial charge is 0.356 e. The molecule has 0 aromatic heterocycles. The second-order valence-corrected chi connectivity index (χ2v) is 4.02. The predicted molar refractivity (Wildman–Crippen MR) is 45.7 cm³/mol. The van der Waals surface area contributed by atoms with Crippen molar-refractivity contribution in [1.82, 2.24) is 0 Å². The molecule has 0 heterocycles. The third kappa shape index (κ3) is 5.98. The molecular formula is C8H18N2O. The van der Waals surface area contributed by atoms with E-state index in [0.717, 1.165) is 0 Å². The molecule has 3 heteroatoms. The van der Waals surface area contributed by atoms with Crippen LogP contribution in [-0.2, 0) is 4.74 Å². The Hall–Kier alpha value is -0.440. The molecule has 0 saturated carbocycles. The molecule has 0 N–H and O–H groups in total. The molecule has 0 aromatic carbocycles. The molecule has 0 radical (unpaired) electrons. The summed E-state index contributed by atoms with van der Waals surface area (Å²) in [6.45, 7) is 9.76. The molecule has 0 aliphatic rings. The number of methoxy groups -OCH3 is 1. The van der Waals surface area contributed by atoms with E-state index in [9.17, 15) is 0 Å². The summed E-state index contributed by atoms with van der Waals surface area (Å²) in [5, 5.41) is 8.15. The highest BCUT2D eigenvalue weighted by Gasteiger charge is 2.16. The second kappa shape index (κ2) is 3.30. The lowest BCUT2D eigenvalue weighted by atomic mass is 10.1. The van der Waals surface area contributed by atoms with Crippen LogP contribution < -0.4 is 0 Å². The maximum absolute atomic E-state index is 5.07. The Morgan fingerprint density at radius 2 is 1.36 bits per heavy atom. The Labute approximate surface area is 68.9 Å². The van der Waals surface area contributed by atoms with Crippen LogP contribution in [0, 0.1) is 0 Å². The van der Waals surface area contributed by atoms with Gasteiger partial charge in [0.05, 0.1) is 5.54 Å². The predicted octanol–water partition coefficient (Wildman–Crippen LogP) is 2.62. The van der Waals surface area contributed by atoms with E-state index in [2.05, 4.69) is 10.2 Å². The molecule has 0 aromatic rings. The Kier molecular flexibility index (Phi) is 3.17. The fourth-order valence-corrected chi connectivity index (χ4v) is 0.311. The van der Waals surface area contributed by atoms with Gasteiger partial charge in [-0.3, -0.25) is 0 Å². The van der Waals surface area contributed by atoms with Gasteiger partial charge in [0.15, 0.2) is 5.72 Å². The van der Waals surface area contributed by atoms with E-state index in [-0.39, 0.29) is 5.54 Å². The first-order chi connectivity index (χ1) is 4.77. The Bertz CT molecular complexity index is 145. The van der Waals surface area contributed by atoms with E-state index in [1.807, 2.05) is 34.6 Å². The van der Waals surface area contributed by atoms with Crippen LogP contribution in [0.2, 0.25) is 0 Å². The molecule has 66 valence electrons. The SMILES string of the molecule is COC(C)(C)N=NC(C)(C)C. The van der Waals surface area contributed by atoms with Crippen molar-refractivity contribution in [3.05, 3.63) is 0 Å². The number of nitrogens with zero attached hydrogens (tertiary/aromatic N) is 2. The number of rotatable bonds is 2. The van der Waals surface area contributed by atoms with Crippen molar-refractivity contribution in [3.63, 3.8) is 0 Å². The summed E-state index contributed by atoms with van der Waals surface area (Å²) in [6, 6.07) is 0. The van der Waals surface area contributed by atoms with Gasteiger partial charge in [-0.1, -0.05) is 0 Å². The van der Waals surface area contributed by atoms with Crippen LogP contribution in [0.5, 0.6) is 0 Å². The maximum Gasteiger partial charge on any atom is 0.172 e. The Morgan fingerprint density at radius 1 is 0.909 bits per heavy atom. The fraction of sp³-hybridized carbons (Fsp3) is 1.00. The van der Waals surface area contributed by atoms with E-state index in [1.165, 1.54) is 0 Å². The van der Waals surface area contributed by atoms with Gasteiger partial charge in [0.25, 0.3) is 0 Å². The zero-order chi connectivity index (χ0) is 9.12. The van der Waals surface area contributed by atoms with Crippen LogP contribution in [-0.4, -0.2) is 18.4 Å². The fourth-order valence-electron chi connectivity index (χ4n) is 0.311. The lowest BCUT2D eigenvalue weighted by Gasteiger charge is -2.18. The third-order valence-corrected chi connectivity index (χ3v) is 1.09. The molecule has 0 aliphatic heterocycles. The molecule has 11 heavy (non-hydrogen) atoms. The van der Waals surface area contributed by atoms with Crippen LogP contribution in [0.4, 0.5) is 0 Å². The van der Waals surface area contributed by atoms with E-state index in [1.54, 1.807) is 7.11 Å². The average Bonchev–Trinajstić information content (AvgIpc) is 1.83. The van der Waals surface area contributed by atoms with Crippen LogP contribution >= 0.6 is 0 Å². The van der Waals surface area contributed by atoms with Crippen molar-refractivity contribution in [3.8, 4) is 0 Å². The minimum Gasteiger partial charge on any atom is -0.356 e. The quantitative estimate of drug-likeness (QED) is 0.569. The van der Waals surface area contributed by atoms with Crippen molar-refractivity contribution < 1.29 is 4.74 Å². The smallest absolute Gasteiger partial charge is 0.172 e. The molecule has 0 unspecified atom stereocenters. The van der Waals surface area contributed by atoms with Crippen molar-refractivity contribution in [1.29, 1.82) is 0 Å². The summed E-state index contributed by atoms with van der Waals surface area (Å²) < 4.78 is 5.07. The highest BCUT2D eigenvalue weighted by atomic mass is 16.5. The highest BCUT2D eigenvalue weighted by Crippen LogP contribution is 2.14. The molecule has 0 aliphatic carbocycles. The normalized spacial score (nSPS) is 14.4. The standard InChI is InChI=1S/C8H18N2O/c1-7(2,3)9-10-8(4,5)11-6/h1-6H3. The van der Waals surface area contributed by atoms with Gasteiger partial charge in [0.2, 0.25) is 0 Å². The van der Waals surface area contributed by atoms with E-state index < -0.39 is 5.72 Å². The minimum absolute atomic E-state index is 0.115. The molecule has 0 fully saturated rings. The summed E-state index contributed by atoms with van der Waals surface area (Å²) >= 11 is 0. The summed E-state index contributed by atoms with van der Waals surface area (Å²) in [5.74, 6) is 0. The third-order valence-electron chi connectivity index (χ3n) is 1.09. The molecular weight excluding hydrogens is 140 g/mol. The van der Waals surface area contributed by atoms with Gasteiger partial charge in [-0.15, -0.1) is 0 Å². The lowest BCUT2D eigenvalue weighted by Crippen LogP contribution is -2.20. The first-order valence-electron chi connectivity index (χ1n) is 3.76. The Morgan fingerprint density at radius 3 is 1.64 bits per heavy atom. The van der Waals surface area contributed by atoms with Gasteiger partial charge in [-0.05, 0) is 34.6 Å². The second-order valence-electron chi connectivity index (χ2n) is 4.02. The minimum atomic E-state index is -0.493. The van der Waals surface area contributed by atoms with Gasteiger partial charge >= 0.3 is 0 Å². The lowest BCUT2D eigenvalue weighted by molar-refractivity contribution is 0.0220. The molecule has 3 nitrogen and oxygen atoms in total. The summed E-state index contributed by atoms with van der Waals surface area (Å²) in [7, 11) is 1.63. The van der Waals surface area contributed by atoms with E-state index in [4.69, 9.17) is 4.74 Å². The van der Waals surface area contributed by atoms with Crippen LogP contribution in [0.3, 0.4) is 0 Å². The molecule has 0 amide bonds. The van der Waals surface area contributed by atoms with Crippen molar-refractivity contribution >= 4 is 0 Å². The van der Waals surface area contributed by atoms with Gasteiger partial charge in [-0.25, -0.2) is 0 Å².